The second kappa shape index (κ2) is 47.9. The Balaban J connectivity index is 1.72. The van der Waals surface area contributed by atoms with Gasteiger partial charge in [0.05, 0.1) is 13.2 Å². The number of ether oxygens (including phenoxy) is 6. The van der Waals surface area contributed by atoms with Crippen LogP contribution in [0.15, 0.2) is 0 Å². The van der Waals surface area contributed by atoms with Crippen LogP contribution < -0.4 is 0 Å². The summed E-state index contributed by atoms with van der Waals surface area (Å²) in [5.41, 5.74) is 0. The Morgan fingerprint density at radius 3 is 1.08 bits per heavy atom. The average molecular weight is 1050 g/mol. The first-order chi connectivity index (χ1) is 36.2. The maximum Gasteiger partial charge on any atom is 0.338 e. The van der Waals surface area contributed by atoms with E-state index in [0.29, 0.717) is 38.0 Å². The smallest absolute Gasteiger partial charge is 0.338 e. The van der Waals surface area contributed by atoms with Crippen LogP contribution in [0.2, 0.25) is 0 Å². The topological polar surface area (TPSA) is 127 Å². The molecule has 0 saturated carbocycles. The lowest BCUT2D eigenvalue weighted by Crippen LogP contribution is -2.39. The number of carbonyl (C=O) groups excluding carboxylic acids is 4. The number of rotatable bonds is 51. The lowest BCUT2D eigenvalue weighted by molar-refractivity contribution is -0.163. The highest BCUT2D eigenvalue weighted by molar-refractivity contribution is 5.86. The molecule has 0 radical (unpaired) electrons. The molecule has 2 saturated heterocycles. The molecule has 2 unspecified atom stereocenters. The number of piperidine rings is 1. The Morgan fingerprint density at radius 1 is 0.419 bits per heavy atom. The zero-order valence-electron chi connectivity index (χ0n) is 48.9. The first kappa shape index (κ1) is 67.9. The molecule has 74 heavy (non-hydrogen) atoms. The lowest BCUT2D eigenvalue weighted by atomic mass is 9.92. The molecule has 2 rings (SSSR count). The number of hydrogen-bond donors (Lipinski definition) is 0. The van der Waals surface area contributed by atoms with Crippen LogP contribution in [0, 0.1) is 5.92 Å². The summed E-state index contributed by atoms with van der Waals surface area (Å²) in [5, 5.41) is 0. The predicted octanol–water partition coefficient (Wildman–Crippen LogP) is 16.8. The monoisotopic (exact) mass is 1050 g/mol. The highest BCUT2D eigenvalue weighted by Gasteiger charge is 2.47. The number of likely N-dealkylation sites (tertiary alicyclic amines) is 1. The fourth-order valence-corrected chi connectivity index (χ4v) is 10.7. The van der Waals surface area contributed by atoms with Gasteiger partial charge in [-0.25, -0.2) is 9.59 Å². The Hall–Kier alpha value is -2.24. The Kier molecular flexibility index (Phi) is 44.0. The normalized spacial score (nSPS) is 17.4. The number of hydrogen-bond acceptors (Lipinski definition) is 11. The van der Waals surface area contributed by atoms with Gasteiger partial charge in [-0.3, -0.25) is 9.59 Å². The van der Waals surface area contributed by atoms with Crippen molar-refractivity contribution in [3.8, 4) is 0 Å². The minimum atomic E-state index is -1.15. The van der Waals surface area contributed by atoms with Crippen molar-refractivity contribution in [2.45, 2.75) is 341 Å². The molecule has 11 heteroatoms. The average Bonchev–Trinajstić information content (AvgIpc) is 3.83. The molecule has 2 aliphatic rings. The molecule has 434 valence electrons. The Morgan fingerprint density at radius 2 is 0.730 bits per heavy atom. The van der Waals surface area contributed by atoms with Gasteiger partial charge in [0.15, 0.2) is 18.5 Å². The molecule has 0 aromatic carbocycles. The molecule has 11 nitrogen and oxygen atoms in total. The Bertz CT molecular complexity index is 1220. The van der Waals surface area contributed by atoms with Gasteiger partial charge in [-0.2, -0.15) is 0 Å². The van der Waals surface area contributed by atoms with Crippen LogP contribution in [-0.4, -0.2) is 92.8 Å². The van der Waals surface area contributed by atoms with Gasteiger partial charge in [0.1, 0.15) is 12.2 Å². The van der Waals surface area contributed by atoms with Crippen LogP contribution in [0.25, 0.3) is 0 Å². The summed E-state index contributed by atoms with van der Waals surface area (Å²) < 4.78 is 35.7. The lowest BCUT2D eigenvalue weighted by Gasteiger charge is -2.29. The van der Waals surface area contributed by atoms with Crippen molar-refractivity contribution in [3.05, 3.63) is 0 Å². The molecule has 0 aromatic heterocycles. The second-order valence-corrected chi connectivity index (χ2v) is 22.7. The highest BCUT2D eigenvalue weighted by atomic mass is 16.8. The van der Waals surface area contributed by atoms with Gasteiger partial charge < -0.3 is 33.3 Å². The first-order valence-corrected chi connectivity index (χ1v) is 31.9. The van der Waals surface area contributed by atoms with Gasteiger partial charge in [-0.15, -0.1) is 0 Å². The molecule has 0 bridgehead atoms. The van der Waals surface area contributed by atoms with Crippen molar-refractivity contribution >= 4 is 23.9 Å². The molecule has 2 fully saturated rings. The van der Waals surface area contributed by atoms with Crippen LogP contribution in [0.4, 0.5) is 0 Å². The van der Waals surface area contributed by atoms with Crippen LogP contribution in [0.3, 0.4) is 0 Å². The van der Waals surface area contributed by atoms with Crippen LogP contribution >= 0.6 is 0 Å². The molecule has 0 amide bonds. The van der Waals surface area contributed by atoms with Gasteiger partial charge in [0.2, 0.25) is 0 Å². The van der Waals surface area contributed by atoms with E-state index in [1.54, 1.807) is 0 Å². The molecule has 0 aliphatic carbocycles. The van der Waals surface area contributed by atoms with E-state index in [9.17, 15) is 19.2 Å². The number of esters is 4. The fraction of sp³-hybridized carbons (Fsp3) is 0.937. The largest absolute Gasteiger partial charge is 0.464 e. The number of carbonyl (C=O) groups is 4. The molecule has 2 aliphatic heterocycles. The van der Waals surface area contributed by atoms with E-state index in [4.69, 9.17) is 28.4 Å². The molecule has 2 atom stereocenters. The quantitative estimate of drug-likeness (QED) is 0.0328. The van der Waals surface area contributed by atoms with E-state index in [1.165, 1.54) is 128 Å². The van der Waals surface area contributed by atoms with Crippen molar-refractivity contribution in [1.82, 2.24) is 4.90 Å². The first-order valence-electron chi connectivity index (χ1n) is 31.9. The predicted molar refractivity (Wildman–Crippen MR) is 302 cm³/mol. The van der Waals surface area contributed by atoms with Gasteiger partial charge in [0.25, 0.3) is 0 Å². The molecule has 0 spiro atoms. The maximum atomic E-state index is 13.4. The van der Waals surface area contributed by atoms with Crippen molar-refractivity contribution in [2.24, 2.45) is 5.92 Å². The van der Waals surface area contributed by atoms with Crippen LogP contribution in [0.1, 0.15) is 310 Å². The molecular formula is C63H117NO10. The van der Waals surface area contributed by atoms with E-state index >= 15 is 0 Å². The van der Waals surface area contributed by atoms with E-state index in [1.807, 2.05) is 0 Å². The van der Waals surface area contributed by atoms with E-state index in [2.05, 4.69) is 39.6 Å². The van der Waals surface area contributed by atoms with E-state index in [0.717, 1.165) is 135 Å². The summed E-state index contributed by atoms with van der Waals surface area (Å²) in [6, 6.07) is 0. The summed E-state index contributed by atoms with van der Waals surface area (Å²) in [6.45, 7) is 11.6. The minimum Gasteiger partial charge on any atom is -0.464 e. The molecule has 2 heterocycles. The molecule has 0 N–H and O–H groups in total. The van der Waals surface area contributed by atoms with Crippen molar-refractivity contribution < 1.29 is 47.6 Å². The SMILES string of the molecule is CCCCCCCCC(CCCCCCCC)OC(=O)CCCCCCCOC(=O)C1OC(CCC2CCN(C)CC2)OC1C(=O)OCCCCCCCC(=O)OC(CCCCCCCC)CCCCCCCC. The van der Waals surface area contributed by atoms with Gasteiger partial charge in [0, 0.05) is 12.8 Å². The standard InChI is InChI=1S/C63H117NO10/c1-6-10-14-18-24-32-40-55(41-33-25-19-15-11-7-2)71-57(65)44-36-28-22-30-38-52-69-62(67)60-61(74-59(73-60)47-46-54-48-50-64(5)51-49-54)63(68)70-53-39-31-23-29-37-45-58(66)72-56(42-34-26-20-16-12-8-3)43-35-27-21-17-13-9-4/h54-56,59-61H,6-53H2,1-5H3. The third-order valence-electron chi connectivity index (χ3n) is 15.6. The van der Waals surface area contributed by atoms with Crippen LogP contribution in [0.5, 0.6) is 0 Å². The number of unbranched alkanes of at least 4 members (excludes halogenated alkanes) is 28. The van der Waals surface area contributed by atoms with Crippen LogP contribution in [-0.2, 0) is 47.6 Å². The van der Waals surface area contributed by atoms with Crippen molar-refractivity contribution in [1.29, 1.82) is 0 Å². The zero-order valence-corrected chi connectivity index (χ0v) is 48.9. The van der Waals surface area contributed by atoms with E-state index in [-0.39, 0.29) is 37.4 Å². The van der Waals surface area contributed by atoms with E-state index < -0.39 is 30.4 Å². The zero-order chi connectivity index (χ0) is 53.5. The number of nitrogens with zero attached hydrogens (tertiary/aromatic N) is 1. The van der Waals surface area contributed by atoms with Crippen molar-refractivity contribution in [3.63, 3.8) is 0 Å². The summed E-state index contributed by atoms with van der Waals surface area (Å²) in [4.78, 5) is 55.0. The van der Waals surface area contributed by atoms with Gasteiger partial charge >= 0.3 is 23.9 Å². The molecule has 0 aromatic rings. The molecular weight excluding hydrogens is 931 g/mol. The minimum absolute atomic E-state index is 0.0445. The summed E-state index contributed by atoms with van der Waals surface area (Å²) in [7, 11) is 2.15. The summed E-state index contributed by atoms with van der Waals surface area (Å²) >= 11 is 0. The van der Waals surface area contributed by atoms with Gasteiger partial charge in [-0.1, -0.05) is 195 Å². The fourth-order valence-electron chi connectivity index (χ4n) is 10.7. The Labute approximate surface area is 454 Å². The maximum absolute atomic E-state index is 13.4. The summed E-state index contributed by atoms with van der Waals surface area (Å²) in [6.07, 6.45) is 44.0. The highest BCUT2D eigenvalue weighted by Crippen LogP contribution is 2.29. The van der Waals surface area contributed by atoms with Gasteiger partial charge in [-0.05, 0) is 129 Å². The second-order valence-electron chi connectivity index (χ2n) is 22.7. The summed E-state index contributed by atoms with van der Waals surface area (Å²) in [5.74, 6) is -0.729. The third kappa shape index (κ3) is 36.7. The third-order valence-corrected chi connectivity index (χ3v) is 15.6. The van der Waals surface area contributed by atoms with Crippen molar-refractivity contribution in [2.75, 3.05) is 33.4 Å².